The zero-order chi connectivity index (χ0) is 12.1. The fourth-order valence-corrected chi connectivity index (χ4v) is 1.48. The van der Waals surface area contributed by atoms with Crippen molar-refractivity contribution in [2.45, 2.75) is 0 Å². The van der Waals surface area contributed by atoms with Crippen LogP contribution in [0.2, 0.25) is 0 Å². The number of carbonyl (C=O) groups excluding carboxylic acids is 1. The monoisotopic (exact) mass is 230 g/mol. The summed E-state index contributed by atoms with van der Waals surface area (Å²) in [6.45, 7) is 0.869. The number of aromatic nitrogens is 2. The van der Waals surface area contributed by atoms with E-state index in [1.54, 1.807) is 6.07 Å². The van der Waals surface area contributed by atoms with Crippen LogP contribution in [0.25, 0.3) is 11.3 Å². The Kier molecular flexibility index (Phi) is 3.52. The highest BCUT2D eigenvalue weighted by Gasteiger charge is 2.10. The van der Waals surface area contributed by atoms with Crippen LogP contribution in [0.15, 0.2) is 36.4 Å². The first-order valence-corrected chi connectivity index (χ1v) is 5.40. The van der Waals surface area contributed by atoms with Gasteiger partial charge in [-0.25, -0.2) is 0 Å². The zero-order valence-electron chi connectivity index (χ0n) is 9.31. The van der Waals surface area contributed by atoms with Crippen LogP contribution in [0.5, 0.6) is 0 Å². The number of nitrogens with zero attached hydrogens (tertiary/aromatic N) is 1. The molecule has 0 aliphatic heterocycles. The van der Waals surface area contributed by atoms with Crippen molar-refractivity contribution in [1.29, 1.82) is 0 Å². The van der Waals surface area contributed by atoms with Crippen LogP contribution in [0.1, 0.15) is 10.5 Å². The van der Waals surface area contributed by atoms with E-state index in [2.05, 4.69) is 15.5 Å². The van der Waals surface area contributed by atoms with Crippen molar-refractivity contribution in [2.75, 3.05) is 13.1 Å². The fraction of sp³-hybridized carbons (Fsp3) is 0.167. The second-order valence-electron chi connectivity index (χ2n) is 3.58. The smallest absolute Gasteiger partial charge is 0.271 e. The number of aromatic amines is 1. The topological polar surface area (TPSA) is 83.8 Å². The SMILES string of the molecule is NCCNC(=O)c1cc(-c2ccccc2)[nH]n1. The zero-order valence-corrected chi connectivity index (χ0v) is 9.31. The maximum atomic E-state index is 11.6. The van der Waals surface area contributed by atoms with E-state index in [1.807, 2.05) is 30.3 Å². The normalized spacial score (nSPS) is 10.2. The van der Waals surface area contributed by atoms with Crippen LogP contribution in [-0.2, 0) is 0 Å². The van der Waals surface area contributed by atoms with Crippen LogP contribution in [-0.4, -0.2) is 29.2 Å². The quantitative estimate of drug-likeness (QED) is 0.725. The summed E-state index contributed by atoms with van der Waals surface area (Å²) in [6.07, 6.45) is 0. The van der Waals surface area contributed by atoms with Crippen molar-refractivity contribution >= 4 is 5.91 Å². The molecule has 0 saturated heterocycles. The number of amides is 1. The minimum atomic E-state index is -0.214. The largest absolute Gasteiger partial charge is 0.349 e. The fourth-order valence-electron chi connectivity index (χ4n) is 1.48. The molecular weight excluding hydrogens is 216 g/mol. The predicted octanol–water partition coefficient (Wildman–Crippen LogP) is 0.765. The molecular formula is C12H14N4O. The first kappa shape index (κ1) is 11.3. The Morgan fingerprint density at radius 3 is 2.82 bits per heavy atom. The van der Waals surface area contributed by atoms with Crippen molar-refractivity contribution in [1.82, 2.24) is 15.5 Å². The molecule has 0 fully saturated rings. The van der Waals surface area contributed by atoms with Gasteiger partial charge in [0.15, 0.2) is 5.69 Å². The Morgan fingerprint density at radius 1 is 1.35 bits per heavy atom. The number of hydrogen-bond donors (Lipinski definition) is 3. The molecule has 2 aromatic rings. The highest BCUT2D eigenvalue weighted by Crippen LogP contribution is 2.16. The number of rotatable bonds is 4. The minimum absolute atomic E-state index is 0.214. The van der Waals surface area contributed by atoms with E-state index in [9.17, 15) is 4.79 Å². The summed E-state index contributed by atoms with van der Waals surface area (Å²) in [6, 6.07) is 11.4. The lowest BCUT2D eigenvalue weighted by Gasteiger charge is -1.98. The second kappa shape index (κ2) is 5.27. The summed E-state index contributed by atoms with van der Waals surface area (Å²) in [5.41, 5.74) is 7.50. The van der Waals surface area contributed by atoms with Crippen LogP contribution >= 0.6 is 0 Å². The highest BCUT2D eigenvalue weighted by molar-refractivity contribution is 5.93. The predicted molar refractivity (Wildman–Crippen MR) is 65.4 cm³/mol. The van der Waals surface area contributed by atoms with E-state index in [0.717, 1.165) is 11.3 Å². The first-order valence-electron chi connectivity index (χ1n) is 5.40. The molecule has 5 nitrogen and oxygen atoms in total. The van der Waals surface area contributed by atoms with Crippen LogP contribution < -0.4 is 11.1 Å². The number of nitrogens with two attached hydrogens (primary N) is 1. The molecule has 5 heteroatoms. The van der Waals surface area contributed by atoms with Crippen molar-refractivity contribution in [3.63, 3.8) is 0 Å². The van der Waals surface area contributed by atoms with Gasteiger partial charge in [-0.2, -0.15) is 5.10 Å². The molecule has 0 aliphatic rings. The van der Waals surface area contributed by atoms with Crippen LogP contribution in [0, 0.1) is 0 Å². The summed E-state index contributed by atoms with van der Waals surface area (Å²) in [5.74, 6) is -0.214. The molecule has 1 heterocycles. The standard InChI is InChI=1S/C12H14N4O/c13-6-7-14-12(17)11-8-10(15-16-11)9-4-2-1-3-5-9/h1-5,8H,6-7,13H2,(H,14,17)(H,15,16). The third kappa shape index (κ3) is 2.70. The lowest BCUT2D eigenvalue weighted by Crippen LogP contribution is -2.29. The van der Waals surface area contributed by atoms with Gasteiger partial charge in [0.1, 0.15) is 0 Å². The van der Waals surface area contributed by atoms with Gasteiger partial charge < -0.3 is 11.1 Å². The molecule has 0 bridgehead atoms. The third-order valence-corrected chi connectivity index (χ3v) is 2.33. The van der Waals surface area contributed by atoms with Gasteiger partial charge in [-0.1, -0.05) is 30.3 Å². The molecule has 1 aromatic carbocycles. The Bertz CT molecular complexity index is 492. The van der Waals surface area contributed by atoms with Crippen molar-refractivity contribution < 1.29 is 4.79 Å². The summed E-state index contributed by atoms with van der Waals surface area (Å²) in [5, 5.41) is 9.47. The Morgan fingerprint density at radius 2 is 2.12 bits per heavy atom. The molecule has 0 spiro atoms. The number of hydrogen-bond acceptors (Lipinski definition) is 3. The lowest BCUT2D eigenvalue weighted by molar-refractivity contribution is 0.0950. The van der Waals surface area contributed by atoms with E-state index in [4.69, 9.17) is 5.73 Å². The molecule has 0 aliphatic carbocycles. The Balaban J connectivity index is 2.14. The van der Waals surface area contributed by atoms with Gasteiger partial charge in [0, 0.05) is 13.1 Å². The summed E-state index contributed by atoms with van der Waals surface area (Å²) < 4.78 is 0. The van der Waals surface area contributed by atoms with Crippen LogP contribution in [0.4, 0.5) is 0 Å². The summed E-state index contributed by atoms with van der Waals surface area (Å²) >= 11 is 0. The molecule has 0 saturated carbocycles. The number of carbonyl (C=O) groups is 1. The summed E-state index contributed by atoms with van der Waals surface area (Å²) in [4.78, 5) is 11.6. The maximum Gasteiger partial charge on any atom is 0.271 e. The highest BCUT2D eigenvalue weighted by atomic mass is 16.1. The molecule has 0 unspecified atom stereocenters. The van der Waals surface area contributed by atoms with Gasteiger partial charge in [-0.05, 0) is 11.6 Å². The van der Waals surface area contributed by atoms with Crippen molar-refractivity contribution in [3.8, 4) is 11.3 Å². The minimum Gasteiger partial charge on any atom is -0.349 e. The Hall–Kier alpha value is -2.14. The summed E-state index contributed by atoms with van der Waals surface area (Å²) in [7, 11) is 0. The maximum absolute atomic E-state index is 11.6. The van der Waals surface area contributed by atoms with E-state index >= 15 is 0 Å². The van der Waals surface area contributed by atoms with Gasteiger partial charge in [-0.3, -0.25) is 9.89 Å². The lowest BCUT2D eigenvalue weighted by atomic mass is 10.1. The molecule has 88 valence electrons. The molecule has 4 N–H and O–H groups in total. The van der Waals surface area contributed by atoms with E-state index in [1.165, 1.54) is 0 Å². The second-order valence-corrected chi connectivity index (χ2v) is 3.58. The van der Waals surface area contributed by atoms with Gasteiger partial charge in [-0.15, -0.1) is 0 Å². The van der Waals surface area contributed by atoms with Gasteiger partial charge >= 0.3 is 0 Å². The third-order valence-electron chi connectivity index (χ3n) is 2.33. The Labute approximate surface area is 99.0 Å². The average molecular weight is 230 g/mol. The van der Waals surface area contributed by atoms with Gasteiger partial charge in [0.05, 0.1) is 5.69 Å². The first-order chi connectivity index (χ1) is 8.31. The average Bonchev–Trinajstić information content (AvgIpc) is 2.86. The number of H-pyrrole nitrogens is 1. The van der Waals surface area contributed by atoms with Crippen molar-refractivity contribution in [3.05, 3.63) is 42.1 Å². The molecule has 17 heavy (non-hydrogen) atoms. The number of benzene rings is 1. The number of nitrogens with one attached hydrogen (secondary N) is 2. The van der Waals surface area contributed by atoms with E-state index in [-0.39, 0.29) is 5.91 Å². The molecule has 1 aromatic heterocycles. The van der Waals surface area contributed by atoms with Crippen LogP contribution in [0.3, 0.4) is 0 Å². The van der Waals surface area contributed by atoms with E-state index < -0.39 is 0 Å². The molecule has 1 amide bonds. The molecule has 0 radical (unpaired) electrons. The molecule has 2 rings (SSSR count). The van der Waals surface area contributed by atoms with E-state index in [0.29, 0.717) is 18.8 Å². The van der Waals surface area contributed by atoms with Crippen molar-refractivity contribution in [2.24, 2.45) is 5.73 Å². The van der Waals surface area contributed by atoms with Gasteiger partial charge in [0.2, 0.25) is 0 Å². The van der Waals surface area contributed by atoms with Gasteiger partial charge in [0.25, 0.3) is 5.91 Å². The molecule has 0 atom stereocenters.